The van der Waals surface area contributed by atoms with Crippen molar-refractivity contribution in [3.05, 3.63) is 34.3 Å². The third-order valence-electron chi connectivity index (χ3n) is 5.18. The number of hydrogen-bond donors (Lipinski definition) is 2. The molecular weight excluding hydrogens is 324 g/mol. The van der Waals surface area contributed by atoms with Crippen LogP contribution in [0, 0.1) is 17.3 Å². The molecule has 3 N–H and O–H groups in total. The molecule has 1 aromatic rings. The third-order valence-corrected chi connectivity index (χ3v) is 5.95. The molecule has 0 aliphatic heterocycles. The SMILES string of the molecule is CC(C)(C)C1CCC(C(Cc2ccccc2Br)NN)CC1. The van der Waals surface area contributed by atoms with E-state index in [4.69, 9.17) is 5.84 Å². The van der Waals surface area contributed by atoms with Crippen LogP contribution in [-0.4, -0.2) is 6.04 Å². The fourth-order valence-electron chi connectivity index (χ4n) is 3.65. The van der Waals surface area contributed by atoms with Crippen LogP contribution >= 0.6 is 15.9 Å². The average molecular weight is 353 g/mol. The summed E-state index contributed by atoms with van der Waals surface area (Å²) in [7, 11) is 0. The van der Waals surface area contributed by atoms with Crippen molar-refractivity contribution in [2.24, 2.45) is 23.1 Å². The first kappa shape index (κ1) is 17.0. The second-order valence-corrected chi connectivity index (χ2v) is 8.40. The Bertz CT molecular complexity index is 445. The number of hydrazine groups is 1. The Kier molecular flexibility index (Phi) is 5.87. The Labute approximate surface area is 138 Å². The zero-order chi connectivity index (χ0) is 15.5. The Morgan fingerprint density at radius 2 is 1.81 bits per heavy atom. The molecule has 2 rings (SSSR count). The third kappa shape index (κ3) is 4.54. The highest BCUT2D eigenvalue weighted by molar-refractivity contribution is 9.10. The lowest BCUT2D eigenvalue weighted by molar-refractivity contribution is 0.132. The van der Waals surface area contributed by atoms with Crippen LogP contribution < -0.4 is 11.3 Å². The largest absolute Gasteiger partial charge is 0.271 e. The molecule has 1 aliphatic rings. The van der Waals surface area contributed by atoms with Gasteiger partial charge < -0.3 is 0 Å². The zero-order valence-corrected chi connectivity index (χ0v) is 15.1. The topological polar surface area (TPSA) is 38.0 Å². The summed E-state index contributed by atoms with van der Waals surface area (Å²) >= 11 is 3.65. The van der Waals surface area contributed by atoms with Gasteiger partial charge in [-0.2, -0.15) is 0 Å². The molecule has 118 valence electrons. The Morgan fingerprint density at radius 1 is 1.19 bits per heavy atom. The lowest BCUT2D eigenvalue weighted by Gasteiger charge is -2.39. The van der Waals surface area contributed by atoms with E-state index in [2.05, 4.69) is 66.4 Å². The molecule has 1 aliphatic carbocycles. The molecule has 2 nitrogen and oxygen atoms in total. The fourth-order valence-corrected chi connectivity index (χ4v) is 4.10. The molecule has 1 fully saturated rings. The van der Waals surface area contributed by atoms with Gasteiger partial charge in [-0.15, -0.1) is 0 Å². The molecule has 0 radical (unpaired) electrons. The van der Waals surface area contributed by atoms with Gasteiger partial charge in [0, 0.05) is 10.5 Å². The van der Waals surface area contributed by atoms with Crippen LogP contribution in [0.1, 0.15) is 52.0 Å². The first-order chi connectivity index (χ1) is 9.91. The van der Waals surface area contributed by atoms with E-state index in [9.17, 15) is 0 Å². The monoisotopic (exact) mass is 352 g/mol. The van der Waals surface area contributed by atoms with Gasteiger partial charge in [0.2, 0.25) is 0 Å². The van der Waals surface area contributed by atoms with E-state index in [0.29, 0.717) is 17.4 Å². The van der Waals surface area contributed by atoms with Crippen molar-refractivity contribution in [3.8, 4) is 0 Å². The Balaban J connectivity index is 1.96. The first-order valence-electron chi connectivity index (χ1n) is 8.11. The highest BCUT2D eigenvalue weighted by atomic mass is 79.9. The molecule has 0 spiro atoms. The normalized spacial score (nSPS) is 24.8. The second-order valence-electron chi connectivity index (χ2n) is 7.55. The van der Waals surface area contributed by atoms with Crippen molar-refractivity contribution in [3.63, 3.8) is 0 Å². The van der Waals surface area contributed by atoms with Crippen molar-refractivity contribution in [2.45, 2.75) is 58.9 Å². The van der Waals surface area contributed by atoms with E-state index in [1.54, 1.807) is 0 Å². The molecule has 1 atom stereocenters. The maximum atomic E-state index is 5.86. The highest BCUT2D eigenvalue weighted by Gasteiger charge is 2.32. The van der Waals surface area contributed by atoms with E-state index in [1.165, 1.54) is 35.7 Å². The van der Waals surface area contributed by atoms with E-state index in [-0.39, 0.29) is 0 Å². The maximum absolute atomic E-state index is 5.86. The molecule has 3 heteroatoms. The summed E-state index contributed by atoms with van der Waals surface area (Å²) in [5.41, 5.74) is 4.87. The standard InChI is InChI=1S/C18H29BrN2/c1-18(2,3)15-10-8-13(9-11-15)17(21-20)12-14-6-4-5-7-16(14)19/h4-7,13,15,17,21H,8-12,20H2,1-3H3. The lowest BCUT2D eigenvalue weighted by atomic mass is 9.68. The highest BCUT2D eigenvalue weighted by Crippen LogP contribution is 2.41. The van der Waals surface area contributed by atoms with E-state index >= 15 is 0 Å². The molecule has 0 heterocycles. The Morgan fingerprint density at radius 3 is 2.33 bits per heavy atom. The molecule has 0 bridgehead atoms. The maximum Gasteiger partial charge on any atom is 0.0279 e. The summed E-state index contributed by atoms with van der Waals surface area (Å²) in [5, 5.41) is 0. The molecular formula is C18H29BrN2. The van der Waals surface area contributed by atoms with Gasteiger partial charge in [-0.1, -0.05) is 54.9 Å². The van der Waals surface area contributed by atoms with Gasteiger partial charge in [0.1, 0.15) is 0 Å². The summed E-state index contributed by atoms with van der Waals surface area (Å²) < 4.78 is 1.19. The lowest BCUT2D eigenvalue weighted by Crippen LogP contribution is -2.44. The van der Waals surface area contributed by atoms with Crippen LogP contribution in [0.25, 0.3) is 0 Å². The van der Waals surface area contributed by atoms with E-state index in [0.717, 1.165) is 12.3 Å². The van der Waals surface area contributed by atoms with Crippen LogP contribution in [0.15, 0.2) is 28.7 Å². The summed E-state index contributed by atoms with van der Waals surface area (Å²) in [5.74, 6) is 7.41. The summed E-state index contributed by atoms with van der Waals surface area (Å²) in [6.07, 6.45) is 6.26. The number of hydrogen-bond acceptors (Lipinski definition) is 2. The van der Waals surface area contributed by atoms with Crippen LogP contribution in [0.4, 0.5) is 0 Å². The number of nitrogens with one attached hydrogen (secondary N) is 1. The molecule has 0 saturated heterocycles. The molecule has 21 heavy (non-hydrogen) atoms. The second kappa shape index (κ2) is 7.26. The predicted octanol–water partition coefficient (Wildman–Crippen LogP) is 4.68. The minimum absolute atomic E-state index is 0.379. The van der Waals surface area contributed by atoms with Crippen LogP contribution in [-0.2, 0) is 6.42 Å². The minimum Gasteiger partial charge on any atom is -0.271 e. The number of rotatable bonds is 4. The molecule has 1 saturated carbocycles. The summed E-state index contributed by atoms with van der Waals surface area (Å²) in [6, 6.07) is 8.84. The molecule has 1 aromatic carbocycles. The quantitative estimate of drug-likeness (QED) is 0.609. The van der Waals surface area contributed by atoms with Crippen LogP contribution in [0.3, 0.4) is 0 Å². The minimum atomic E-state index is 0.379. The van der Waals surface area contributed by atoms with Gasteiger partial charge >= 0.3 is 0 Å². The fraction of sp³-hybridized carbons (Fsp3) is 0.667. The smallest absolute Gasteiger partial charge is 0.0279 e. The molecule has 0 amide bonds. The van der Waals surface area contributed by atoms with Crippen LogP contribution in [0.2, 0.25) is 0 Å². The Hall–Kier alpha value is -0.380. The molecule has 1 unspecified atom stereocenters. The predicted molar refractivity (Wildman–Crippen MR) is 93.9 cm³/mol. The zero-order valence-electron chi connectivity index (χ0n) is 13.5. The van der Waals surface area contributed by atoms with Gasteiger partial charge in [-0.05, 0) is 61.0 Å². The van der Waals surface area contributed by atoms with Crippen molar-refractivity contribution >= 4 is 15.9 Å². The van der Waals surface area contributed by atoms with Crippen LogP contribution in [0.5, 0.6) is 0 Å². The van der Waals surface area contributed by atoms with Crippen molar-refractivity contribution in [1.29, 1.82) is 0 Å². The van der Waals surface area contributed by atoms with Crippen molar-refractivity contribution < 1.29 is 0 Å². The van der Waals surface area contributed by atoms with Gasteiger partial charge in [-0.25, -0.2) is 0 Å². The number of benzene rings is 1. The van der Waals surface area contributed by atoms with Crippen molar-refractivity contribution in [2.75, 3.05) is 0 Å². The van der Waals surface area contributed by atoms with Gasteiger partial charge in [0.25, 0.3) is 0 Å². The number of halogens is 1. The van der Waals surface area contributed by atoms with Gasteiger partial charge in [-0.3, -0.25) is 11.3 Å². The first-order valence-corrected chi connectivity index (χ1v) is 8.90. The van der Waals surface area contributed by atoms with Gasteiger partial charge in [0.15, 0.2) is 0 Å². The van der Waals surface area contributed by atoms with E-state index < -0.39 is 0 Å². The average Bonchev–Trinajstić information content (AvgIpc) is 2.46. The van der Waals surface area contributed by atoms with Gasteiger partial charge in [0.05, 0.1) is 0 Å². The molecule has 0 aromatic heterocycles. The van der Waals surface area contributed by atoms with Crippen molar-refractivity contribution in [1.82, 2.24) is 5.43 Å². The van der Waals surface area contributed by atoms with E-state index in [1.807, 2.05) is 0 Å². The summed E-state index contributed by atoms with van der Waals surface area (Å²) in [6.45, 7) is 7.12. The summed E-state index contributed by atoms with van der Waals surface area (Å²) in [4.78, 5) is 0. The number of nitrogens with two attached hydrogens (primary N) is 1.